The zero-order valence-electron chi connectivity index (χ0n) is 11.5. The average Bonchev–Trinajstić information content (AvgIpc) is 3.05. The third kappa shape index (κ3) is 1.95. The summed E-state index contributed by atoms with van der Waals surface area (Å²) in [6, 6.07) is 3.81. The minimum absolute atomic E-state index is 0.496. The van der Waals surface area contributed by atoms with E-state index in [0.29, 0.717) is 5.82 Å². The lowest BCUT2D eigenvalue weighted by Gasteiger charge is -2.08. The summed E-state index contributed by atoms with van der Waals surface area (Å²) in [5, 5.41) is 4.46. The van der Waals surface area contributed by atoms with Crippen molar-refractivity contribution in [3.63, 3.8) is 0 Å². The van der Waals surface area contributed by atoms with Crippen LogP contribution in [0.25, 0.3) is 16.9 Å². The molecule has 0 unspecified atom stereocenters. The quantitative estimate of drug-likeness (QED) is 0.786. The molecule has 0 radical (unpaired) electrons. The second-order valence-electron chi connectivity index (χ2n) is 4.57. The highest BCUT2D eigenvalue weighted by Gasteiger charge is 2.14. The van der Waals surface area contributed by atoms with E-state index in [-0.39, 0.29) is 0 Å². The molecule has 102 valence electrons. The van der Waals surface area contributed by atoms with Crippen LogP contribution in [0.3, 0.4) is 0 Å². The summed E-state index contributed by atoms with van der Waals surface area (Å²) < 4.78 is 3.81. The molecule has 3 heterocycles. The van der Waals surface area contributed by atoms with Gasteiger partial charge in [-0.15, -0.1) is 0 Å². The summed E-state index contributed by atoms with van der Waals surface area (Å²) >= 11 is 0. The number of hydrogen-bond acceptors (Lipinski definition) is 4. The van der Waals surface area contributed by atoms with Crippen molar-refractivity contribution in [2.24, 2.45) is 7.05 Å². The monoisotopic (exact) mass is 268 g/mol. The van der Waals surface area contributed by atoms with Gasteiger partial charge in [0.15, 0.2) is 0 Å². The molecule has 0 spiro atoms. The molecule has 3 aromatic heterocycles. The number of aromatic nitrogens is 5. The minimum atomic E-state index is 0.496. The van der Waals surface area contributed by atoms with Gasteiger partial charge in [-0.05, 0) is 18.6 Å². The van der Waals surface area contributed by atoms with Gasteiger partial charge in [-0.25, -0.2) is 9.97 Å². The first-order chi connectivity index (χ1) is 9.70. The first-order valence-corrected chi connectivity index (χ1v) is 6.46. The fourth-order valence-electron chi connectivity index (χ4n) is 2.30. The lowest BCUT2D eigenvalue weighted by Crippen LogP contribution is -2.00. The lowest BCUT2D eigenvalue weighted by atomic mass is 10.2. The molecule has 0 amide bonds. The first-order valence-electron chi connectivity index (χ1n) is 6.46. The first kappa shape index (κ1) is 12.4. The smallest absolute Gasteiger partial charge is 0.132 e. The van der Waals surface area contributed by atoms with Crippen molar-refractivity contribution in [2.75, 3.05) is 5.73 Å². The zero-order valence-corrected chi connectivity index (χ0v) is 11.5. The largest absolute Gasteiger partial charge is 0.383 e. The number of anilines is 1. The molecule has 20 heavy (non-hydrogen) atoms. The summed E-state index contributed by atoms with van der Waals surface area (Å²) in [6.45, 7) is 2.08. The van der Waals surface area contributed by atoms with E-state index in [0.717, 1.165) is 29.1 Å². The van der Waals surface area contributed by atoms with Crippen LogP contribution in [0.1, 0.15) is 12.6 Å². The predicted octanol–water partition coefficient (Wildman–Crippen LogP) is 1.81. The third-order valence-electron chi connectivity index (χ3n) is 3.23. The Balaban J connectivity index is 2.18. The standard InChI is InChI=1S/C14H16N6/c1-3-11-13(8-19(2)18-11)20-9-16-7-12(20)10-5-4-6-17-14(10)15/h4-9H,3H2,1-2H3,(H2,15,17). The predicted molar refractivity (Wildman–Crippen MR) is 77.4 cm³/mol. The molecular weight excluding hydrogens is 252 g/mol. The Morgan fingerprint density at radius 3 is 2.95 bits per heavy atom. The molecule has 3 aromatic rings. The van der Waals surface area contributed by atoms with Crippen molar-refractivity contribution in [2.45, 2.75) is 13.3 Å². The number of rotatable bonds is 3. The molecule has 0 atom stereocenters. The van der Waals surface area contributed by atoms with E-state index in [4.69, 9.17) is 5.73 Å². The summed E-state index contributed by atoms with van der Waals surface area (Å²) in [6.07, 6.45) is 8.09. The van der Waals surface area contributed by atoms with E-state index in [9.17, 15) is 0 Å². The topological polar surface area (TPSA) is 74.5 Å². The molecule has 0 aliphatic heterocycles. The number of imidazole rings is 1. The zero-order chi connectivity index (χ0) is 14.1. The van der Waals surface area contributed by atoms with Crippen LogP contribution in [0.5, 0.6) is 0 Å². The minimum Gasteiger partial charge on any atom is -0.383 e. The lowest BCUT2D eigenvalue weighted by molar-refractivity contribution is 0.746. The number of nitrogen functional groups attached to an aromatic ring is 1. The summed E-state index contributed by atoms with van der Waals surface area (Å²) in [7, 11) is 1.91. The summed E-state index contributed by atoms with van der Waals surface area (Å²) in [5.74, 6) is 0.496. The van der Waals surface area contributed by atoms with Gasteiger partial charge in [0.05, 0.1) is 29.6 Å². The average molecular weight is 268 g/mol. The highest BCUT2D eigenvalue weighted by molar-refractivity contribution is 5.72. The molecule has 6 heteroatoms. The number of pyridine rings is 1. The van der Waals surface area contributed by atoms with E-state index in [1.807, 2.05) is 34.6 Å². The number of nitrogens with zero attached hydrogens (tertiary/aromatic N) is 5. The molecule has 0 saturated carbocycles. The van der Waals surface area contributed by atoms with Crippen molar-refractivity contribution in [3.05, 3.63) is 42.7 Å². The van der Waals surface area contributed by atoms with Gasteiger partial charge in [-0.2, -0.15) is 5.10 Å². The molecule has 0 fully saturated rings. The third-order valence-corrected chi connectivity index (χ3v) is 3.23. The van der Waals surface area contributed by atoms with Gasteiger partial charge in [0.2, 0.25) is 0 Å². The van der Waals surface area contributed by atoms with Crippen molar-refractivity contribution >= 4 is 5.82 Å². The highest BCUT2D eigenvalue weighted by Crippen LogP contribution is 2.27. The second-order valence-corrected chi connectivity index (χ2v) is 4.57. The van der Waals surface area contributed by atoms with E-state index in [2.05, 4.69) is 22.0 Å². The summed E-state index contributed by atoms with van der Waals surface area (Å²) in [4.78, 5) is 8.38. The Morgan fingerprint density at radius 1 is 1.35 bits per heavy atom. The van der Waals surface area contributed by atoms with E-state index in [1.54, 1.807) is 18.7 Å². The Labute approximate surface area is 116 Å². The van der Waals surface area contributed by atoms with E-state index < -0.39 is 0 Å². The van der Waals surface area contributed by atoms with E-state index >= 15 is 0 Å². The normalized spacial score (nSPS) is 10.9. The van der Waals surface area contributed by atoms with Crippen LogP contribution in [0.4, 0.5) is 5.82 Å². The summed E-state index contributed by atoms with van der Waals surface area (Å²) in [5.41, 5.74) is 9.79. The van der Waals surface area contributed by atoms with Crippen molar-refractivity contribution in [1.29, 1.82) is 0 Å². The van der Waals surface area contributed by atoms with Gasteiger partial charge in [-0.1, -0.05) is 6.92 Å². The molecule has 6 nitrogen and oxygen atoms in total. The van der Waals surface area contributed by atoms with Crippen LogP contribution in [-0.4, -0.2) is 24.3 Å². The molecule has 0 aliphatic carbocycles. The van der Waals surface area contributed by atoms with Gasteiger partial charge in [0, 0.05) is 25.0 Å². The van der Waals surface area contributed by atoms with Crippen molar-refractivity contribution in [3.8, 4) is 16.9 Å². The SMILES string of the molecule is CCc1nn(C)cc1-n1cncc1-c1cccnc1N. The molecule has 0 bridgehead atoms. The van der Waals surface area contributed by atoms with Crippen molar-refractivity contribution < 1.29 is 0 Å². The molecule has 2 N–H and O–H groups in total. The Kier molecular flexibility index (Phi) is 2.98. The van der Waals surface area contributed by atoms with Crippen LogP contribution < -0.4 is 5.73 Å². The molecule has 0 aromatic carbocycles. The van der Waals surface area contributed by atoms with E-state index in [1.165, 1.54) is 0 Å². The second kappa shape index (κ2) is 4.80. The number of nitrogens with two attached hydrogens (primary N) is 1. The van der Waals surface area contributed by atoms with Crippen LogP contribution >= 0.6 is 0 Å². The maximum Gasteiger partial charge on any atom is 0.132 e. The highest BCUT2D eigenvalue weighted by atomic mass is 15.3. The molecular formula is C14H16N6. The Hall–Kier alpha value is -2.63. The molecule has 3 rings (SSSR count). The molecule has 0 saturated heterocycles. The number of aryl methyl sites for hydroxylation is 2. The van der Waals surface area contributed by atoms with Gasteiger partial charge >= 0.3 is 0 Å². The van der Waals surface area contributed by atoms with Crippen LogP contribution in [0, 0.1) is 0 Å². The Morgan fingerprint density at radius 2 is 2.20 bits per heavy atom. The van der Waals surface area contributed by atoms with Gasteiger partial charge in [0.25, 0.3) is 0 Å². The van der Waals surface area contributed by atoms with Gasteiger partial charge in [-0.3, -0.25) is 9.25 Å². The van der Waals surface area contributed by atoms with Gasteiger partial charge < -0.3 is 5.73 Å². The van der Waals surface area contributed by atoms with Crippen LogP contribution in [0.15, 0.2) is 37.1 Å². The Bertz CT molecular complexity index is 740. The van der Waals surface area contributed by atoms with Crippen LogP contribution in [-0.2, 0) is 13.5 Å². The van der Waals surface area contributed by atoms with Crippen molar-refractivity contribution in [1.82, 2.24) is 24.3 Å². The maximum atomic E-state index is 5.96. The van der Waals surface area contributed by atoms with Gasteiger partial charge in [0.1, 0.15) is 5.82 Å². The fraction of sp³-hybridized carbons (Fsp3) is 0.214. The fourth-order valence-corrected chi connectivity index (χ4v) is 2.30. The maximum absolute atomic E-state index is 5.96. The molecule has 0 aliphatic rings. The number of hydrogen-bond donors (Lipinski definition) is 1. The van der Waals surface area contributed by atoms with Crippen LogP contribution in [0.2, 0.25) is 0 Å².